The van der Waals surface area contributed by atoms with E-state index in [9.17, 15) is 24.3 Å². The minimum atomic E-state index is -1.04. The number of hydrogen-bond donors (Lipinski definition) is 5. The van der Waals surface area contributed by atoms with E-state index in [-0.39, 0.29) is 50.9 Å². The van der Waals surface area contributed by atoms with Crippen molar-refractivity contribution in [2.75, 3.05) is 19.8 Å². The highest BCUT2D eigenvalue weighted by atomic mass is 16.6. The predicted octanol–water partition coefficient (Wildman–Crippen LogP) is 6.91. The maximum Gasteiger partial charge on any atom is 0.407 e. The van der Waals surface area contributed by atoms with Crippen molar-refractivity contribution in [1.29, 1.82) is 0 Å². The number of H-pyrrole nitrogens is 1. The van der Waals surface area contributed by atoms with Crippen molar-refractivity contribution in [3.63, 3.8) is 0 Å². The summed E-state index contributed by atoms with van der Waals surface area (Å²) in [7, 11) is 0. The highest BCUT2D eigenvalue weighted by Gasteiger charge is 2.31. The molecule has 4 atom stereocenters. The number of ether oxygens (including phenoxy) is 2. The monoisotopic (exact) mass is 796 g/mol. The first kappa shape index (κ1) is 42.2. The van der Waals surface area contributed by atoms with Crippen molar-refractivity contribution in [3.05, 3.63) is 157 Å². The van der Waals surface area contributed by atoms with Gasteiger partial charge in [-0.05, 0) is 71.6 Å². The van der Waals surface area contributed by atoms with Crippen molar-refractivity contribution >= 4 is 34.8 Å². The van der Waals surface area contributed by atoms with Crippen LogP contribution in [0.2, 0.25) is 0 Å². The molecule has 59 heavy (non-hydrogen) atoms. The van der Waals surface area contributed by atoms with Crippen LogP contribution >= 0.6 is 0 Å². The third-order valence-electron chi connectivity index (χ3n) is 10.7. The molecule has 11 nitrogen and oxygen atoms in total. The molecule has 0 fully saturated rings. The molecule has 0 radical (unpaired) electrons. The van der Waals surface area contributed by atoms with E-state index in [1.807, 2.05) is 97.2 Å². The molecule has 11 heteroatoms. The third-order valence-corrected chi connectivity index (χ3v) is 10.7. The smallest absolute Gasteiger partial charge is 0.407 e. The molecule has 306 valence electrons. The summed E-state index contributed by atoms with van der Waals surface area (Å²) < 4.78 is 11.6. The first-order chi connectivity index (χ1) is 28.8. The van der Waals surface area contributed by atoms with Crippen LogP contribution in [-0.2, 0) is 36.7 Å². The molecule has 5 N–H and O–H groups in total. The number of allylic oxidation sites excluding steroid dienone is 2. The number of carbonyl (C=O) groups excluding carboxylic acids is 4. The number of fused-ring (bicyclic) bond motifs is 4. The van der Waals surface area contributed by atoms with E-state index in [1.54, 1.807) is 12.2 Å². The summed E-state index contributed by atoms with van der Waals surface area (Å²) in [6, 6.07) is 31.1. The normalized spacial score (nSPS) is 13.8. The van der Waals surface area contributed by atoms with E-state index in [1.165, 1.54) is 0 Å². The molecule has 6 rings (SSSR count). The fraction of sp³-hybridized carbons (Fsp3) is 0.292. The van der Waals surface area contributed by atoms with Crippen molar-refractivity contribution in [2.24, 2.45) is 5.92 Å². The number of carbonyl (C=O) groups is 4. The number of benzene rings is 4. The number of hydrogen-bond acceptors (Lipinski definition) is 7. The fourth-order valence-corrected chi connectivity index (χ4v) is 7.69. The standard InChI is InChI=1S/C48H52N4O7/c1-3-5-23-44(52-48(57)59-31-42-40-21-11-9-19-38(40)39-20-10-12-22-41(39)42)47(56)58-30-36(26-34-28-49-43-24-14-13-18-37(34)43)51-46(55)33(15-4-2)27-45(54)50-35(29-53)25-32-16-7-6-8-17-32/h3-4,6-14,16-22,24,28,33,35-36,42,44,49,53H,1-2,5,15,23,25-27,29-31H2,(H,50,54)(H,51,55)(H,52,57)/t33-,35-,36+,44+/m1/s1. The lowest BCUT2D eigenvalue weighted by Crippen LogP contribution is -2.47. The Morgan fingerprint density at radius 2 is 1.44 bits per heavy atom. The van der Waals surface area contributed by atoms with Gasteiger partial charge in [-0.25, -0.2) is 9.59 Å². The Labute approximate surface area is 344 Å². The van der Waals surface area contributed by atoms with Crippen LogP contribution < -0.4 is 16.0 Å². The summed E-state index contributed by atoms with van der Waals surface area (Å²) in [4.78, 5) is 57.3. The van der Waals surface area contributed by atoms with E-state index in [0.29, 0.717) is 19.3 Å². The second-order valence-electron chi connectivity index (χ2n) is 14.8. The molecule has 0 saturated carbocycles. The maximum atomic E-state index is 13.9. The molecule has 0 saturated heterocycles. The highest BCUT2D eigenvalue weighted by Crippen LogP contribution is 2.44. The Morgan fingerprint density at radius 1 is 0.763 bits per heavy atom. The lowest BCUT2D eigenvalue weighted by atomic mass is 9.97. The van der Waals surface area contributed by atoms with Crippen LogP contribution in [0.5, 0.6) is 0 Å². The zero-order valence-corrected chi connectivity index (χ0v) is 33.1. The number of alkyl carbamates (subject to hydrolysis) is 1. The summed E-state index contributed by atoms with van der Waals surface area (Å²) in [5.74, 6) is -2.41. The van der Waals surface area contributed by atoms with Crippen molar-refractivity contribution < 1.29 is 33.8 Å². The molecule has 0 spiro atoms. The van der Waals surface area contributed by atoms with Gasteiger partial charge in [0.25, 0.3) is 0 Å². The number of para-hydroxylation sites is 1. The van der Waals surface area contributed by atoms with E-state index in [0.717, 1.165) is 44.3 Å². The summed E-state index contributed by atoms with van der Waals surface area (Å²) in [5, 5.41) is 19.5. The van der Waals surface area contributed by atoms with Gasteiger partial charge < -0.3 is 35.5 Å². The average Bonchev–Trinajstić information content (AvgIpc) is 3.81. The van der Waals surface area contributed by atoms with Gasteiger partial charge >= 0.3 is 12.1 Å². The molecule has 5 aromatic rings. The summed E-state index contributed by atoms with van der Waals surface area (Å²) in [6.45, 7) is 7.18. The molecule has 1 aliphatic rings. The summed E-state index contributed by atoms with van der Waals surface area (Å²) in [6.07, 6.45) is 5.80. The molecular weight excluding hydrogens is 745 g/mol. The first-order valence-corrected chi connectivity index (χ1v) is 20.1. The van der Waals surface area contributed by atoms with Gasteiger partial charge in [-0.1, -0.05) is 109 Å². The van der Waals surface area contributed by atoms with Crippen molar-refractivity contribution in [2.45, 2.75) is 62.6 Å². The fourth-order valence-electron chi connectivity index (χ4n) is 7.69. The second-order valence-corrected chi connectivity index (χ2v) is 14.8. The van der Waals surface area contributed by atoms with Gasteiger partial charge in [0.2, 0.25) is 11.8 Å². The van der Waals surface area contributed by atoms with Crippen LogP contribution in [0.4, 0.5) is 4.79 Å². The SMILES string of the molecule is C=CCC[C@H](NC(=O)OCC1c2ccccc2-c2ccccc21)C(=O)OC[C@H](Cc1c[nH]c2ccccc12)NC(=O)[C@H](CC=C)CC(=O)N[C@@H](CO)Cc1ccccc1. The molecule has 1 aliphatic carbocycles. The molecule has 4 aromatic carbocycles. The lowest BCUT2D eigenvalue weighted by Gasteiger charge is -2.24. The topological polar surface area (TPSA) is 159 Å². The molecule has 0 bridgehead atoms. The largest absolute Gasteiger partial charge is 0.462 e. The van der Waals surface area contributed by atoms with Crippen LogP contribution in [0, 0.1) is 5.92 Å². The van der Waals surface area contributed by atoms with Gasteiger partial charge in [0, 0.05) is 29.4 Å². The van der Waals surface area contributed by atoms with Crippen LogP contribution in [0.1, 0.15) is 53.9 Å². The Kier molecular flexibility index (Phi) is 14.9. The maximum absolute atomic E-state index is 13.9. The van der Waals surface area contributed by atoms with Gasteiger partial charge in [-0.3, -0.25) is 9.59 Å². The summed E-state index contributed by atoms with van der Waals surface area (Å²) >= 11 is 0. The quantitative estimate of drug-likeness (QED) is 0.0399. The average molecular weight is 797 g/mol. The Bertz CT molecular complexity index is 2190. The Hall–Kier alpha value is -6.46. The Balaban J connectivity index is 1.11. The molecule has 1 aromatic heterocycles. The van der Waals surface area contributed by atoms with Crippen LogP contribution in [-0.4, -0.2) is 71.9 Å². The van der Waals surface area contributed by atoms with E-state index in [4.69, 9.17) is 9.47 Å². The number of nitrogens with one attached hydrogen (secondary N) is 4. The van der Waals surface area contributed by atoms with Gasteiger partial charge in [-0.2, -0.15) is 0 Å². The number of aromatic amines is 1. The van der Waals surface area contributed by atoms with Gasteiger partial charge in [0.05, 0.1) is 24.6 Å². The van der Waals surface area contributed by atoms with Gasteiger partial charge in [-0.15, -0.1) is 13.2 Å². The number of aliphatic hydroxyl groups is 1. The number of amides is 3. The Morgan fingerprint density at radius 3 is 2.14 bits per heavy atom. The third kappa shape index (κ3) is 11.1. The van der Waals surface area contributed by atoms with E-state index >= 15 is 0 Å². The number of aromatic nitrogens is 1. The molecule has 3 amide bonds. The molecular formula is C48H52N4O7. The zero-order chi connectivity index (χ0) is 41.6. The lowest BCUT2D eigenvalue weighted by molar-refractivity contribution is -0.147. The minimum absolute atomic E-state index is 0.0827. The van der Waals surface area contributed by atoms with Crippen LogP contribution in [0.25, 0.3) is 22.0 Å². The highest BCUT2D eigenvalue weighted by molar-refractivity contribution is 5.87. The van der Waals surface area contributed by atoms with E-state index in [2.05, 4.69) is 46.2 Å². The van der Waals surface area contributed by atoms with Gasteiger partial charge in [0.15, 0.2) is 0 Å². The minimum Gasteiger partial charge on any atom is -0.462 e. The molecule has 0 unspecified atom stereocenters. The van der Waals surface area contributed by atoms with Crippen molar-refractivity contribution in [3.8, 4) is 11.1 Å². The van der Waals surface area contributed by atoms with Crippen LogP contribution in [0.15, 0.2) is 135 Å². The van der Waals surface area contributed by atoms with Crippen LogP contribution in [0.3, 0.4) is 0 Å². The van der Waals surface area contributed by atoms with Gasteiger partial charge in [0.1, 0.15) is 19.3 Å². The van der Waals surface area contributed by atoms with E-state index < -0.39 is 42.0 Å². The number of rotatable bonds is 21. The molecule has 1 heterocycles. The first-order valence-electron chi connectivity index (χ1n) is 20.1. The van der Waals surface area contributed by atoms with Crippen molar-refractivity contribution in [1.82, 2.24) is 20.9 Å². The number of aliphatic hydroxyl groups excluding tert-OH is 1. The molecule has 0 aliphatic heterocycles. The zero-order valence-electron chi connectivity index (χ0n) is 33.1. The second kappa shape index (κ2) is 20.8. The summed E-state index contributed by atoms with van der Waals surface area (Å²) in [5.41, 5.74) is 7.12. The predicted molar refractivity (Wildman–Crippen MR) is 228 cm³/mol. The number of esters is 1.